The third kappa shape index (κ3) is 7.25. The number of aromatic nitrogens is 5. The molecule has 3 aromatic carbocycles. The van der Waals surface area contributed by atoms with Gasteiger partial charge in [-0.05, 0) is 122 Å². The van der Waals surface area contributed by atoms with Crippen LogP contribution in [0.4, 0.5) is 0 Å². The van der Waals surface area contributed by atoms with Gasteiger partial charge in [0.15, 0.2) is 9.54 Å². The molecule has 7 rings (SSSR count). The van der Waals surface area contributed by atoms with Gasteiger partial charge in [0.1, 0.15) is 5.75 Å². The first-order valence-electron chi connectivity index (χ1n) is 17.0. The third-order valence-electron chi connectivity index (χ3n) is 9.68. The monoisotopic (exact) mass is 800 g/mol. The number of aromatic amines is 2. The normalized spacial score (nSPS) is 14.7. The predicted octanol–water partition coefficient (Wildman–Crippen LogP) is 8.13. The van der Waals surface area contributed by atoms with Crippen molar-refractivity contribution in [2.75, 3.05) is 13.7 Å². The van der Waals surface area contributed by atoms with Gasteiger partial charge in [0.2, 0.25) is 11.8 Å². The number of rotatable bonds is 9. The van der Waals surface area contributed by atoms with E-state index in [2.05, 4.69) is 25.9 Å². The summed E-state index contributed by atoms with van der Waals surface area (Å²) in [5, 5.41) is 25.1. The van der Waals surface area contributed by atoms with E-state index in [4.69, 9.17) is 52.4 Å². The molecule has 0 saturated carbocycles. The first-order chi connectivity index (χ1) is 26.0. The van der Waals surface area contributed by atoms with E-state index in [1.807, 2.05) is 18.3 Å². The fraction of sp³-hybridized carbons (Fsp3) is 0.205. The van der Waals surface area contributed by atoms with Crippen molar-refractivity contribution >= 4 is 47.6 Å². The number of benzene rings is 3. The molecule has 1 saturated heterocycles. The Balaban J connectivity index is 1.47. The van der Waals surface area contributed by atoms with Crippen LogP contribution in [0, 0.1) is 9.54 Å². The molecule has 1 fully saturated rings. The van der Waals surface area contributed by atoms with Gasteiger partial charge in [-0.25, -0.2) is 0 Å². The zero-order valence-corrected chi connectivity index (χ0v) is 32.0. The van der Waals surface area contributed by atoms with Crippen LogP contribution in [0.5, 0.6) is 17.5 Å². The van der Waals surface area contributed by atoms with Gasteiger partial charge in [0, 0.05) is 40.6 Å². The SMILES string of the molecule is COc1ccc(C(c2c(O)n(-c3ccc(Cl)cc3)c(=S)[nH]c2=O)c2c(O)n(-c3ccc(Cl)cc3)c(=S)[nH]c2=O)cc1CN1CCCC[C@@H]1c1cccnc1. The Bertz CT molecular complexity index is 2450. The fourth-order valence-electron chi connectivity index (χ4n) is 7.19. The van der Waals surface area contributed by atoms with E-state index in [1.165, 1.54) is 9.13 Å². The number of nitrogens with zero attached hydrogens (tertiary/aromatic N) is 4. The largest absolute Gasteiger partial charge is 0.496 e. The number of methoxy groups -OCH3 is 1. The van der Waals surface area contributed by atoms with Gasteiger partial charge >= 0.3 is 0 Å². The average Bonchev–Trinajstić information content (AvgIpc) is 3.16. The molecule has 1 aliphatic rings. The van der Waals surface area contributed by atoms with Crippen LogP contribution < -0.4 is 15.9 Å². The lowest BCUT2D eigenvalue weighted by molar-refractivity contribution is 0.139. The van der Waals surface area contributed by atoms with Crippen LogP contribution in [0.3, 0.4) is 0 Å². The maximum absolute atomic E-state index is 14.1. The number of H-pyrrole nitrogens is 2. The van der Waals surface area contributed by atoms with Crippen LogP contribution in [0.15, 0.2) is 101 Å². The Hall–Kier alpha value is -5.05. The molecule has 0 radical (unpaired) electrons. The number of likely N-dealkylation sites (tertiary alicyclic amines) is 1. The second-order valence-electron chi connectivity index (χ2n) is 12.9. The van der Waals surface area contributed by atoms with Gasteiger partial charge in [-0.3, -0.25) is 38.6 Å². The summed E-state index contributed by atoms with van der Waals surface area (Å²) in [6, 6.07) is 22.3. The number of ether oxygens (including phenoxy) is 1. The van der Waals surface area contributed by atoms with Gasteiger partial charge in [-0.1, -0.05) is 41.8 Å². The molecule has 4 heterocycles. The van der Waals surface area contributed by atoms with E-state index in [9.17, 15) is 19.8 Å². The van der Waals surface area contributed by atoms with Crippen molar-refractivity contribution < 1.29 is 14.9 Å². The Labute approximate surface area is 329 Å². The summed E-state index contributed by atoms with van der Waals surface area (Å²) in [6.07, 6.45) is 6.65. The second-order valence-corrected chi connectivity index (χ2v) is 14.5. The van der Waals surface area contributed by atoms with E-state index in [0.717, 1.165) is 36.9 Å². The van der Waals surface area contributed by atoms with Crippen LogP contribution in [-0.2, 0) is 6.54 Å². The minimum atomic E-state index is -1.36. The number of nitrogens with one attached hydrogen (secondary N) is 2. The lowest BCUT2D eigenvalue weighted by Crippen LogP contribution is -2.33. The molecule has 15 heteroatoms. The second kappa shape index (κ2) is 15.7. The highest BCUT2D eigenvalue weighted by atomic mass is 35.5. The predicted molar refractivity (Wildman–Crippen MR) is 213 cm³/mol. The summed E-state index contributed by atoms with van der Waals surface area (Å²) in [5.41, 5.74) is 1.04. The molecule has 0 aliphatic carbocycles. The summed E-state index contributed by atoms with van der Waals surface area (Å²) in [7, 11) is 1.58. The first-order valence-corrected chi connectivity index (χ1v) is 18.6. The van der Waals surface area contributed by atoms with E-state index in [1.54, 1.807) is 74.0 Å². The molecule has 54 heavy (non-hydrogen) atoms. The van der Waals surface area contributed by atoms with Crippen molar-refractivity contribution in [2.45, 2.75) is 37.8 Å². The first kappa shape index (κ1) is 37.3. The summed E-state index contributed by atoms with van der Waals surface area (Å²) in [5.74, 6) is -1.86. The summed E-state index contributed by atoms with van der Waals surface area (Å²) in [6.45, 7) is 1.28. The summed E-state index contributed by atoms with van der Waals surface area (Å²) in [4.78, 5) is 40.2. The molecule has 11 nitrogen and oxygen atoms in total. The van der Waals surface area contributed by atoms with Crippen molar-refractivity contribution in [1.82, 2.24) is 29.0 Å². The molecular formula is C39H34Cl2N6O5S2. The quantitative estimate of drug-likeness (QED) is 0.107. The van der Waals surface area contributed by atoms with Crippen molar-refractivity contribution in [3.63, 3.8) is 0 Å². The number of aromatic hydroxyl groups is 2. The minimum absolute atomic E-state index is 0.0976. The van der Waals surface area contributed by atoms with Gasteiger partial charge in [0.05, 0.1) is 35.5 Å². The lowest BCUT2D eigenvalue weighted by atomic mass is 9.85. The van der Waals surface area contributed by atoms with Gasteiger partial charge in [0.25, 0.3) is 11.1 Å². The van der Waals surface area contributed by atoms with E-state index in [0.29, 0.717) is 39.3 Å². The van der Waals surface area contributed by atoms with Crippen LogP contribution in [-0.4, -0.2) is 52.9 Å². The summed E-state index contributed by atoms with van der Waals surface area (Å²) < 4.78 is 8.19. The molecule has 6 aromatic rings. The van der Waals surface area contributed by atoms with E-state index < -0.39 is 28.8 Å². The molecule has 1 atom stereocenters. The van der Waals surface area contributed by atoms with E-state index in [-0.39, 0.29) is 26.7 Å². The smallest absolute Gasteiger partial charge is 0.259 e. The molecule has 0 amide bonds. The zero-order valence-electron chi connectivity index (χ0n) is 28.8. The number of piperidine rings is 1. The van der Waals surface area contributed by atoms with Crippen molar-refractivity contribution in [2.24, 2.45) is 0 Å². The number of hydrogen-bond acceptors (Lipinski definition) is 9. The maximum atomic E-state index is 14.1. The molecule has 1 aliphatic heterocycles. The highest BCUT2D eigenvalue weighted by molar-refractivity contribution is 7.71. The average molecular weight is 802 g/mol. The molecular weight excluding hydrogens is 768 g/mol. The zero-order chi connectivity index (χ0) is 38.1. The van der Waals surface area contributed by atoms with Gasteiger partial charge in [-0.15, -0.1) is 0 Å². The molecule has 276 valence electrons. The minimum Gasteiger partial charge on any atom is -0.496 e. The van der Waals surface area contributed by atoms with Crippen LogP contribution in [0.25, 0.3) is 11.4 Å². The third-order valence-corrected chi connectivity index (χ3v) is 10.8. The lowest BCUT2D eigenvalue weighted by Gasteiger charge is -2.36. The Morgan fingerprint density at radius 2 is 1.43 bits per heavy atom. The van der Waals surface area contributed by atoms with Gasteiger partial charge in [-0.2, -0.15) is 0 Å². The number of hydrogen-bond donors (Lipinski definition) is 4. The fourth-order valence-corrected chi connectivity index (χ4v) is 8.01. The molecule has 3 aromatic heterocycles. The highest BCUT2D eigenvalue weighted by Crippen LogP contribution is 2.41. The molecule has 0 spiro atoms. The van der Waals surface area contributed by atoms with E-state index >= 15 is 0 Å². The molecule has 0 unspecified atom stereocenters. The Morgan fingerprint density at radius 1 is 0.852 bits per heavy atom. The molecule has 4 N–H and O–H groups in total. The standard InChI is InChI=1S/C39H34Cl2N6O5S2/c1-52-30-16-7-22(19-24(30)21-45-18-3-2-6-29(45)23-5-4-17-42-20-23)31(32-34(48)43-38(53)46(36(32)50)27-12-8-25(40)9-13-27)33-35(49)44-39(54)47(37(33)51)28-14-10-26(41)11-15-28/h4-5,7-17,19-20,29,31,50-51H,2-3,6,18,21H2,1H3,(H,43,48,53)(H,44,49,54)/t29-/m1/s1. The van der Waals surface area contributed by atoms with Crippen LogP contribution in [0.1, 0.15) is 59.0 Å². The number of pyridine rings is 1. The Kier molecular flexibility index (Phi) is 10.9. The van der Waals surface area contributed by atoms with Crippen molar-refractivity contribution in [1.29, 1.82) is 0 Å². The van der Waals surface area contributed by atoms with Crippen LogP contribution >= 0.6 is 47.6 Å². The van der Waals surface area contributed by atoms with Crippen molar-refractivity contribution in [3.8, 4) is 28.9 Å². The van der Waals surface area contributed by atoms with Gasteiger partial charge < -0.3 is 14.9 Å². The van der Waals surface area contributed by atoms with Crippen LogP contribution in [0.2, 0.25) is 10.0 Å². The number of halogens is 2. The molecule has 0 bridgehead atoms. The highest BCUT2D eigenvalue weighted by Gasteiger charge is 2.33. The summed E-state index contributed by atoms with van der Waals surface area (Å²) >= 11 is 23.4. The topological polar surface area (TPSA) is 141 Å². The van der Waals surface area contributed by atoms with Crippen molar-refractivity contribution in [3.05, 3.63) is 159 Å². The maximum Gasteiger partial charge on any atom is 0.259 e. The Morgan fingerprint density at radius 3 is 1.94 bits per heavy atom.